The maximum atomic E-state index is 11.4. The number of rotatable bonds is 9. The normalized spacial score (nSPS) is 11.2. The summed E-state index contributed by atoms with van der Waals surface area (Å²) in [7, 11) is 0. The Kier molecular flexibility index (Phi) is 6.85. The van der Waals surface area contributed by atoms with Crippen LogP contribution in [-0.2, 0) is 11.8 Å². The lowest BCUT2D eigenvalue weighted by Gasteiger charge is -2.27. The van der Waals surface area contributed by atoms with Crippen LogP contribution in [0.25, 0.3) is 0 Å². The largest absolute Gasteiger partial charge is 0.507 e. The first-order chi connectivity index (χ1) is 14.8. The van der Waals surface area contributed by atoms with Crippen LogP contribution in [0.5, 0.6) is 17.2 Å². The second kappa shape index (κ2) is 9.56. The van der Waals surface area contributed by atoms with Gasteiger partial charge >= 0.3 is 5.97 Å². The fourth-order valence-electron chi connectivity index (χ4n) is 3.48. The van der Waals surface area contributed by atoms with Crippen molar-refractivity contribution in [3.8, 4) is 17.2 Å². The van der Waals surface area contributed by atoms with Crippen molar-refractivity contribution in [1.82, 2.24) is 0 Å². The van der Waals surface area contributed by atoms with Gasteiger partial charge in [-0.05, 0) is 53.4 Å². The van der Waals surface area contributed by atoms with Gasteiger partial charge in [0.25, 0.3) is 0 Å². The van der Waals surface area contributed by atoms with Crippen LogP contribution in [0.1, 0.15) is 47.8 Å². The highest BCUT2D eigenvalue weighted by molar-refractivity contribution is 5.91. The second-order valence-electron chi connectivity index (χ2n) is 7.85. The summed E-state index contributed by atoms with van der Waals surface area (Å²) in [5, 5.41) is 19.2. The van der Waals surface area contributed by atoms with Gasteiger partial charge in [-0.15, -0.1) is 0 Å². The third-order valence-electron chi connectivity index (χ3n) is 5.46. The van der Waals surface area contributed by atoms with Gasteiger partial charge in [-0.3, -0.25) is 0 Å². The molecule has 0 bridgehead atoms. The predicted molar refractivity (Wildman–Crippen MR) is 120 cm³/mol. The molecule has 0 radical (unpaired) electrons. The van der Waals surface area contributed by atoms with Crippen LogP contribution in [0, 0.1) is 0 Å². The number of ether oxygens (including phenoxy) is 2. The van der Waals surface area contributed by atoms with E-state index in [-0.39, 0.29) is 11.3 Å². The Morgan fingerprint density at radius 1 is 0.903 bits per heavy atom. The van der Waals surface area contributed by atoms with Crippen molar-refractivity contribution in [3.63, 3.8) is 0 Å². The number of carboxylic acid groups (broad SMARTS) is 1. The van der Waals surface area contributed by atoms with Gasteiger partial charge in [0.15, 0.2) is 0 Å². The van der Waals surface area contributed by atoms with Crippen LogP contribution in [0.15, 0.2) is 66.7 Å². The average Bonchev–Trinajstić information content (AvgIpc) is 2.77. The number of phenols is 1. The Balaban J connectivity index is 1.75. The van der Waals surface area contributed by atoms with Crippen molar-refractivity contribution in [2.75, 3.05) is 13.2 Å². The van der Waals surface area contributed by atoms with Crippen LogP contribution in [-0.4, -0.2) is 29.4 Å². The van der Waals surface area contributed by atoms with E-state index in [0.717, 1.165) is 34.6 Å². The number of aryl methyl sites for hydroxylation is 1. The van der Waals surface area contributed by atoms with Crippen LogP contribution in [0.3, 0.4) is 0 Å². The molecular formula is C26H28O5. The van der Waals surface area contributed by atoms with Gasteiger partial charge in [-0.25, -0.2) is 4.79 Å². The van der Waals surface area contributed by atoms with E-state index in [9.17, 15) is 15.0 Å². The first-order valence-corrected chi connectivity index (χ1v) is 10.3. The van der Waals surface area contributed by atoms with Gasteiger partial charge in [0.05, 0.1) is 0 Å². The number of aromatic carboxylic acids is 1. The van der Waals surface area contributed by atoms with E-state index in [4.69, 9.17) is 9.47 Å². The Labute approximate surface area is 182 Å². The first-order valence-electron chi connectivity index (χ1n) is 10.3. The molecule has 0 aliphatic carbocycles. The van der Waals surface area contributed by atoms with Gasteiger partial charge in [0.1, 0.15) is 36.0 Å². The minimum absolute atomic E-state index is 0.0975. The van der Waals surface area contributed by atoms with Gasteiger partial charge in [-0.2, -0.15) is 0 Å². The summed E-state index contributed by atoms with van der Waals surface area (Å²) in [5.41, 5.74) is 2.38. The van der Waals surface area contributed by atoms with Gasteiger partial charge in [0, 0.05) is 5.41 Å². The number of carboxylic acids is 1. The molecule has 3 aromatic carbocycles. The molecule has 0 saturated carbocycles. The summed E-state index contributed by atoms with van der Waals surface area (Å²) in [6.45, 7) is 7.03. The molecule has 5 heteroatoms. The quantitative estimate of drug-likeness (QED) is 0.451. The highest BCUT2D eigenvalue weighted by Gasteiger charge is 2.26. The van der Waals surface area contributed by atoms with Crippen LogP contribution in [0.4, 0.5) is 0 Å². The van der Waals surface area contributed by atoms with E-state index < -0.39 is 11.4 Å². The van der Waals surface area contributed by atoms with Crippen molar-refractivity contribution in [1.29, 1.82) is 0 Å². The van der Waals surface area contributed by atoms with E-state index in [1.54, 1.807) is 6.07 Å². The van der Waals surface area contributed by atoms with Crippen molar-refractivity contribution < 1.29 is 24.5 Å². The molecule has 162 valence electrons. The van der Waals surface area contributed by atoms with Crippen molar-refractivity contribution >= 4 is 5.97 Å². The van der Waals surface area contributed by atoms with Crippen molar-refractivity contribution in [3.05, 3.63) is 89.0 Å². The zero-order valence-electron chi connectivity index (χ0n) is 18.1. The lowest BCUT2D eigenvalue weighted by atomic mass is 9.77. The summed E-state index contributed by atoms with van der Waals surface area (Å²) in [6.07, 6.45) is 0.800. The summed E-state index contributed by atoms with van der Waals surface area (Å²) in [6, 6.07) is 20.4. The molecule has 0 aliphatic rings. The Bertz CT molecular complexity index is 1040. The first kappa shape index (κ1) is 22.2. The van der Waals surface area contributed by atoms with E-state index in [2.05, 4.69) is 13.0 Å². The summed E-state index contributed by atoms with van der Waals surface area (Å²) in [5.74, 6) is 0.248. The zero-order chi connectivity index (χ0) is 22.4. The van der Waals surface area contributed by atoms with Gasteiger partial charge in [0.2, 0.25) is 0 Å². The maximum Gasteiger partial charge on any atom is 0.339 e. The van der Waals surface area contributed by atoms with E-state index >= 15 is 0 Å². The minimum Gasteiger partial charge on any atom is -0.507 e. The molecule has 5 nitrogen and oxygen atoms in total. The SMILES string of the molecule is CCc1cc(C(C)(C)c2ccc(O)c(C(=O)O)c2)ccc1OCCOc1ccccc1. The summed E-state index contributed by atoms with van der Waals surface area (Å²) < 4.78 is 11.6. The number of para-hydroxylation sites is 1. The molecule has 0 aliphatic heterocycles. The molecule has 0 spiro atoms. The molecule has 2 N–H and O–H groups in total. The summed E-state index contributed by atoms with van der Waals surface area (Å²) in [4.78, 5) is 11.4. The molecule has 0 heterocycles. The lowest BCUT2D eigenvalue weighted by Crippen LogP contribution is -2.20. The fourth-order valence-corrected chi connectivity index (χ4v) is 3.48. The molecule has 0 unspecified atom stereocenters. The van der Waals surface area contributed by atoms with E-state index in [1.807, 2.05) is 56.3 Å². The minimum atomic E-state index is -1.15. The summed E-state index contributed by atoms with van der Waals surface area (Å²) >= 11 is 0. The third-order valence-corrected chi connectivity index (χ3v) is 5.46. The zero-order valence-corrected chi connectivity index (χ0v) is 18.1. The fraction of sp³-hybridized carbons (Fsp3) is 0.269. The molecular weight excluding hydrogens is 392 g/mol. The molecule has 0 amide bonds. The molecule has 0 atom stereocenters. The highest BCUT2D eigenvalue weighted by atomic mass is 16.5. The molecule has 3 rings (SSSR count). The number of benzene rings is 3. The Hall–Kier alpha value is -3.47. The number of hydrogen-bond donors (Lipinski definition) is 2. The standard InChI is InChI=1S/C26H28O5/c1-4-18-16-19(26(2,3)20-10-12-23(27)22(17-20)25(28)29)11-13-24(18)31-15-14-30-21-8-6-5-7-9-21/h5-13,16-17,27H,4,14-15H2,1-3H3,(H,28,29). The number of aromatic hydroxyl groups is 1. The molecule has 0 aromatic heterocycles. The van der Waals surface area contributed by atoms with Crippen molar-refractivity contribution in [2.45, 2.75) is 32.6 Å². The number of carbonyl (C=O) groups is 1. The Morgan fingerprint density at radius 3 is 2.23 bits per heavy atom. The monoisotopic (exact) mass is 420 g/mol. The van der Waals surface area contributed by atoms with Crippen LogP contribution < -0.4 is 9.47 Å². The number of hydrogen-bond acceptors (Lipinski definition) is 4. The smallest absolute Gasteiger partial charge is 0.339 e. The van der Waals surface area contributed by atoms with Crippen LogP contribution >= 0.6 is 0 Å². The van der Waals surface area contributed by atoms with E-state index in [0.29, 0.717) is 13.2 Å². The molecule has 31 heavy (non-hydrogen) atoms. The molecule has 0 fully saturated rings. The van der Waals surface area contributed by atoms with Crippen molar-refractivity contribution in [2.24, 2.45) is 0 Å². The van der Waals surface area contributed by atoms with E-state index in [1.165, 1.54) is 12.1 Å². The predicted octanol–water partition coefficient (Wildman–Crippen LogP) is 5.44. The lowest BCUT2D eigenvalue weighted by molar-refractivity contribution is 0.0693. The van der Waals surface area contributed by atoms with Gasteiger partial charge < -0.3 is 19.7 Å². The topological polar surface area (TPSA) is 76.0 Å². The Morgan fingerprint density at radius 2 is 1.55 bits per heavy atom. The molecule has 3 aromatic rings. The highest BCUT2D eigenvalue weighted by Crippen LogP contribution is 2.36. The second-order valence-corrected chi connectivity index (χ2v) is 7.85. The average molecular weight is 421 g/mol. The van der Waals surface area contributed by atoms with Crippen LogP contribution in [0.2, 0.25) is 0 Å². The third kappa shape index (κ3) is 5.18. The molecule has 0 saturated heterocycles. The maximum absolute atomic E-state index is 11.4. The van der Waals surface area contributed by atoms with Gasteiger partial charge in [-0.1, -0.05) is 57.2 Å².